The Morgan fingerprint density at radius 1 is 1.15 bits per heavy atom. The largest absolute Gasteiger partial charge is 0.489 e. The van der Waals surface area contributed by atoms with E-state index in [1.807, 2.05) is 12.1 Å². The molecule has 1 fully saturated rings. The van der Waals surface area contributed by atoms with Gasteiger partial charge in [0.25, 0.3) is 5.91 Å². The first-order valence-electron chi connectivity index (χ1n) is 11.8. The molecule has 0 radical (unpaired) electrons. The normalized spacial score (nSPS) is 20.1. The molecule has 0 spiro atoms. The van der Waals surface area contributed by atoms with E-state index in [4.69, 9.17) is 26.7 Å². The summed E-state index contributed by atoms with van der Waals surface area (Å²) < 4.78 is 6.29. The predicted molar refractivity (Wildman–Crippen MR) is 133 cm³/mol. The van der Waals surface area contributed by atoms with E-state index in [-0.39, 0.29) is 35.5 Å². The van der Waals surface area contributed by atoms with E-state index in [2.05, 4.69) is 44.1 Å². The van der Waals surface area contributed by atoms with Crippen molar-refractivity contribution in [2.75, 3.05) is 6.61 Å². The molecule has 2 aromatic rings. The molecule has 0 atom stereocenters. The number of aliphatic hydroxyl groups is 1. The van der Waals surface area contributed by atoms with Crippen LogP contribution in [0, 0.1) is 22.2 Å². The Morgan fingerprint density at radius 2 is 1.85 bits per heavy atom. The molecule has 1 aromatic carbocycles. The highest BCUT2D eigenvalue weighted by atomic mass is 35.5. The van der Waals surface area contributed by atoms with Gasteiger partial charge < -0.3 is 15.2 Å². The monoisotopic (exact) mass is 483 g/mol. The highest BCUT2D eigenvalue weighted by Crippen LogP contribution is 2.55. The quantitative estimate of drug-likeness (QED) is 0.446. The first-order chi connectivity index (χ1) is 16.1. The van der Waals surface area contributed by atoms with Gasteiger partial charge in [-0.1, -0.05) is 52.1 Å². The molecule has 34 heavy (non-hydrogen) atoms. The van der Waals surface area contributed by atoms with Gasteiger partial charge in [-0.3, -0.25) is 9.78 Å². The van der Waals surface area contributed by atoms with Gasteiger partial charge in [0, 0.05) is 41.4 Å². The fraction of sp³-hybridized carbons (Fsp3) is 0.519. The number of halogens is 1. The number of rotatable bonds is 10. The number of nitriles is 1. The van der Waals surface area contributed by atoms with Gasteiger partial charge in [-0.15, -0.1) is 0 Å². The molecule has 1 amide bonds. The lowest BCUT2D eigenvalue weighted by molar-refractivity contribution is -0.164. The van der Waals surface area contributed by atoms with Gasteiger partial charge in [0.2, 0.25) is 0 Å². The van der Waals surface area contributed by atoms with Crippen LogP contribution in [0.4, 0.5) is 0 Å². The molecule has 1 aliphatic rings. The number of aliphatic hydroxyl groups excluding tert-OH is 1. The zero-order chi connectivity index (χ0) is 24.9. The zero-order valence-electron chi connectivity index (χ0n) is 20.4. The van der Waals surface area contributed by atoms with Crippen molar-refractivity contribution in [2.24, 2.45) is 10.8 Å². The number of ether oxygens (including phenoxy) is 1. The minimum atomic E-state index is -0.318. The van der Waals surface area contributed by atoms with E-state index in [0.717, 1.165) is 37.8 Å². The number of carbonyl (C=O) groups excluding carboxylic acids is 1. The fourth-order valence-electron chi connectivity index (χ4n) is 5.29. The summed E-state index contributed by atoms with van der Waals surface area (Å²) in [5.74, 6) is 0.462. The van der Waals surface area contributed by atoms with Crippen molar-refractivity contribution in [2.45, 2.75) is 71.9 Å². The van der Waals surface area contributed by atoms with Crippen molar-refractivity contribution in [3.63, 3.8) is 0 Å². The number of aryl methyl sites for hydroxylation is 1. The number of aromatic nitrogens is 1. The fourth-order valence-corrected chi connectivity index (χ4v) is 5.50. The van der Waals surface area contributed by atoms with Crippen LogP contribution in [0.5, 0.6) is 5.75 Å². The minimum absolute atomic E-state index is 0.0995. The summed E-state index contributed by atoms with van der Waals surface area (Å²) in [6.07, 6.45) is 6.31. The summed E-state index contributed by atoms with van der Waals surface area (Å²) >= 11 is 6.17. The third-order valence-corrected chi connectivity index (χ3v) is 7.17. The molecule has 1 aliphatic carbocycles. The Kier molecular flexibility index (Phi) is 8.22. The number of nitrogens with zero attached hydrogens (tertiary/aromatic N) is 2. The standard InChI is InChI=1S/C27H34ClN3O3/c1-26(2)24(27(3,4)25(26)34-21-13-11-18(16-29)22(28)15-21)31-23(33)19-10-12-20(30-17-19)9-7-5-6-8-14-32/h10-13,15,17,24-25,32H,5-9,14H2,1-4H3,(H,31,33)/t24-,25-. The maximum absolute atomic E-state index is 13.0. The first kappa shape index (κ1) is 26.0. The van der Waals surface area contributed by atoms with Crippen molar-refractivity contribution < 1.29 is 14.6 Å². The Morgan fingerprint density at radius 3 is 2.44 bits per heavy atom. The lowest BCUT2D eigenvalue weighted by Gasteiger charge is -2.63. The van der Waals surface area contributed by atoms with E-state index in [1.165, 1.54) is 0 Å². The highest BCUT2D eigenvalue weighted by molar-refractivity contribution is 6.31. The molecule has 0 bridgehead atoms. The van der Waals surface area contributed by atoms with Crippen LogP contribution in [0.1, 0.15) is 75.0 Å². The summed E-state index contributed by atoms with van der Waals surface area (Å²) in [5, 5.41) is 21.5. The van der Waals surface area contributed by atoms with Crippen LogP contribution >= 0.6 is 11.6 Å². The molecule has 0 aliphatic heterocycles. The second kappa shape index (κ2) is 10.8. The summed E-state index contributed by atoms with van der Waals surface area (Å²) in [5.41, 5.74) is 1.29. The maximum Gasteiger partial charge on any atom is 0.253 e. The first-order valence-corrected chi connectivity index (χ1v) is 12.2. The van der Waals surface area contributed by atoms with Crippen molar-refractivity contribution in [1.29, 1.82) is 5.26 Å². The molecule has 1 aromatic heterocycles. The molecule has 0 saturated heterocycles. The van der Waals surface area contributed by atoms with Gasteiger partial charge in [-0.2, -0.15) is 5.26 Å². The highest BCUT2D eigenvalue weighted by Gasteiger charge is 2.64. The van der Waals surface area contributed by atoms with E-state index < -0.39 is 0 Å². The Labute approximate surface area is 207 Å². The molecule has 3 rings (SSSR count). The zero-order valence-corrected chi connectivity index (χ0v) is 21.2. The van der Waals surface area contributed by atoms with Crippen molar-refractivity contribution in [3.05, 3.63) is 58.4 Å². The number of hydrogen-bond acceptors (Lipinski definition) is 5. The van der Waals surface area contributed by atoms with Gasteiger partial charge in [0.15, 0.2) is 0 Å². The van der Waals surface area contributed by atoms with Crippen molar-refractivity contribution >= 4 is 17.5 Å². The number of pyridine rings is 1. The molecule has 0 unspecified atom stereocenters. The van der Waals surface area contributed by atoms with Crippen molar-refractivity contribution in [3.8, 4) is 11.8 Å². The van der Waals surface area contributed by atoms with Crippen LogP contribution in [0.25, 0.3) is 0 Å². The summed E-state index contributed by atoms with van der Waals surface area (Å²) in [6.45, 7) is 8.57. The molecule has 6 nitrogen and oxygen atoms in total. The van der Waals surface area contributed by atoms with Crippen LogP contribution in [0.15, 0.2) is 36.5 Å². The Bertz CT molecular complexity index is 1030. The van der Waals surface area contributed by atoms with E-state index >= 15 is 0 Å². The average Bonchev–Trinajstić information content (AvgIpc) is 2.81. The van der Waals surface area contributed by atoms with Crippen LogP contribution in [-0.2, 0) is 6.42 Å². The summed E-state index contributed by atoms with van der Waals surface area (Å²) in [7, 11) is 0. The van der Waals surface area contributed by atoms with Crippen molar-refractivity contribution in [1.82, 2.24) is 10.3 Å². The van der Waals surface area contributed by atoms with Crippen LogP contribution in [-0.4, -0.2) is 34.8 Å². The van der Waals surface area contributed by atoms with Gasteiger partial charge >= 0.3 is 0 Å². The maximum atomic E-state index is 13.0. The second-order valence-electron chi connectivity index (χ2n) is 10.2. The number of unbranched alkanes of at least 4 members (excludes halogenated alkanes) is 3. The molecular formula is C27H34ClN3O3. The SMILES string of the molecule is CC1(C)[C@H](NC(=O)c2ccc(CCCCCCO)nc2)C(C)(C)[C@H]1Oc1ccc(C#N)c(Cl)c1. The van der Waals surface area contributed by atoms with Gasteiger partial charge in [-0.25, -0.2) is 0 Å². The summed E-state index contributed by atoms with van der Waals surface area (Å²) in [4.78, 5) is 17.4. The topological polar surface area (TPSA) is 95.2 Å². The molecule has 2 N–H and O–H groups in total. The number of benzene rings is 1. The minimum Gasteiger partial charge on any atom is -0.489 e. The lowest BCUT2D eigenvalue weighted by Crippen LogP contribution is -2.74. The third kappa shape index (κ3) is 5.54. The average molecular weight is 484 g/mol. The third-order valence-electron chi connectivity index (χ3n) is 6.86. The molecule has 182 valence electrons. The molecule has 1 heterocycles. The van der Waals surface area contributed by atoms with Crippen LogP contribution in [0.2, 0.25) is 5.02 Å². The van der Waals surface area contributed by atoms with E-state index in [0.29, 0.717) is 21.9 Å². The number of amides is 1. The smallest absolute Gasteiger partial charge is 0.253 e. The van der Waals surface area contributed by atoms with Gasteiger partial charge in [0.1, 0.15) is 17.9 Å². The number of carbonyl (C=O) groups is 1. The van der Waals surface area contributed by atoms with E-state index in [9.17, 15) is 4.79 Å². The number of nitrogens with one attached hydrogen (secondary N) is 1. The summed E-state index contributed by atoms with van der Waals surface area (Å²) in [6, 6.07) is 10.8. The van der Waals surface area contributed by atoms with Crippen LogP contribution in [0.3, 0.4) is 0 Å². The Balaban J connectivity index is 1.60. The second-order valence-corrected chi connectivity index (χ2v) is 10.6. The van der Waals surface area contributed by atoms with E-state index in [1.54, 1.807) is 24.4 Å². The van der Waals surface area contributed by atoms with Crippen LogP contribution < -0.4 is 10.1 Å². The molecule has 7 heteroatoms. The predicted octanol–water partition coefficient (Wildman–Crippen LogP) is 5.31. The molecular weight excluding hydrogens is 450 g/mol. The van der Waals surface area contributed by atoms with Gasteiger partial charge in [-0.05, 0) is 43.5 Å². The Hall–Kier alpha value is -2.62. The van der Waals surface area contributed by atoms with Gasteiger partial charge in [0.05, 0.1) is 16.1 Å². The molecule has 1 saturated carbocycles. The lowest BCUT2D eigenvalue weighted by atomic mass is 9.49. The number of hydrogen-bond donors (Lipinski definition) is 2.